The molecule has 0 unspecified atom stereocenters. The smallest absolute Gasteiger partial charge is 0.406 e. The fourth-order valence-corrected chi connectivity index (χ4v) is 5.14. The Morgan fingerprint density at radius 2 is 1.89 bits per heavy atom. The molecule has 3 rings (SSSR count). The van der Waals surface area contributed by atoms with Crippen LogP contribution in [0.4, 0.5) is 13.2 Å². The number of nitrogens with one attached hydrogen (secondary N) is 1. The Morgan fingerprint density at radius 1 is 1.20 bits per heavy atom. The third-order valence-electron chi connectivity index (χ3n) is 6.32. The number of ether oxygens (including phenoxy) is 1. The number of aliphatic hydroxyl groups excluding tert-OH is 2. The number of alkyl halides is 3. The third-order valence-corrected chi connectivity index (χ3v) is 7.21. The molecule has 0 heterocycles. The van der Waals surface area contributed by atoms with E-state index in [1.165, 1.54) is 6.08 Å². The minimum absolute atomic E-state index is 0.0137. The minimum Gasteiger partial charge on any atom is -0.482 e. The Kier molecular flexibility index (Phi) is 9.82. The van der Waals surface area contributed by atoms with E-state index in [4.69, 9.17) is 9.84 Å². The number of para-hydroxylation sites is 1. The second-order valence-corrected chi connectivity index (χ2v) is 10.1. The average molecular weight is 610 g/mol. The van der Waals surface area contributed by atoms with E-state index in [1.807, 2.05) is 22.6 Å². The molecule has 7 nitrogen and oxygen atoms in total. The fourth-order valence-electron chi connectivity index (χ4n) is 4.63. The van der Waals surface area contributed by atoms with E-state index in [0.717, 1.165) is 25.7 Å². The second-order valence-electron chi connectivity index (χ2n) is 8.94. The van der Waals surface area contributed by atoms with Gasteiger partial charge in [0.2, 0.25) is 11.8 Å². The lowest BCUT2D eigenvalue weighted by Crippen LogP contribution is -2.57. The highest BCUT2D eigenvalue weighted by Gasteiger charge is 2.44. The van der Waals surface area contributed by atoms with Gasteiger partial charge in [0.05, 0.1) is 16.2 Å². The van der Waals surface area contributed by atoms with Crippen LogP contribution in [0.15, 0.2) is 35.9 Å². The van der Waals surface area contributed by atoms with E-state index in [9.17, 15) is 27.9 Å². The van der Waals surface area contributed by atoms with Crippen molar-refractivity contribution in [3.8, 4) is 5.75 Å². The monoisotopic (exact) mass is 610 g/mol. The van der Waals surface area contributed by atoms with Gasteiger partial charge in [-0.1, -0.05) is 25.0 Å². The molecule has 1 fully saturated rings. The second kappa shape index (κ2) is 12.4. The number of amides is 2. The maximum Gasteiger partial charge on any atom is 0.406 e. The van der Waals surface area contributed by atoms with E-state index in [0.29, 0.717) is 14.2 Å². The van der Waals surface area contributed by atoms with Gasteiger partial charge in [-0.05, 0) is 59.6 Å². The molecule has 0 aliphatic heterocycles. The van der Waals surface area contributed by atoms with Gasteiger partial charge in [0, 0.05) is 25.0 Å². The van der Waals surface area contributed by atoms with Crippen LogP contribution in [0.3, 0.4) is 0 Å². The zero-order valence-electron chi connectivity index (χ0n) is 19.1. The van der Waals surface area contributed by atoms with Crippen molar-refractivity contribution in [2.75, 3.05) is 19.7 Å². The Hall–Kier alpha value is -1.86. The Balaban J connectivity index is 1.92. The molecule has 3 atom stereocenters. The number of hydrogen-bond acceptors (Lipinski definition) is 5. The van der Waals surface area contributed by atoms with Gasteiger partial charge in [0.15, 0.2) is 0 Å². The van der Waals surface area contributed by atoms with Crippen molar-refractivity contribution < 1.29 is 37.7 Å². The molecule has 2 aliphatic rings. The van der Waals surface area contributed by atoms with Gasteiger partial charge in [0.1, 0.15) is 24.5 Å². The number of halogens is 4. The van der Waals surface area contributed by atoms with E-state index >= 15 is 0 Å². The van der Waals surface area contributed by atoms with Crippen molar-refractivity contribution >= 4 is 34.4 Å². The maximum atomic E-state index is 13.6. The third kappa shape index (κ3) is 7.81. The molecule has 0 bridgehead atoms. The van der Waals surface area contributed by atoms with Gasteiger partial charge in [-0.25, -0.2) is 0 Å². The first-order chi connectivity index (χ1) is 16.6. The number of nitrogens with zero attached hydrogens (tertiary/aromatic N) is 1. The lowest BCUT2D eigenvalue weighted by Gasteiger charge is -2.41. The van der Waals surface area contributed by atoms with Crippen molar-refractivity contribution in [2.24, 2.45) is 5.92 Å². The zero-order chi connectivity index (χ0) is 25.6. The summed E-state index contributed by atoms with van der Waals surface area (Å²) < 4.78 is 47.3. The van der Waals surface area contributed by atoms with Crippen LogP contribution in [0.5, 0.6) is 5.75 Å². The van der Waals surface area contributed by atoms with E-state index < -0.39 is 42.8 Å². The highest BCUT2D eigenvalue weighted by atomic mass is 127. The van der Waals surface area contributed by atoms with Crippen LogP contribution >= 0.6 is 22.6 Å². The van der Waals surface area contributed by atoms with Crippen molar-refractivity contribution in [3.63, 3.8) is 0 Å². The summed E-state index contributed by atoms with van der Waals surface area (Å²) in [6.45, 7) is -1.88. The molecule has 1 saturated carbocycles. The maximum absolute atomic E-state index is 13.6. The van der Waals surface area contributed by atoms with Crippen LogP contribution in [-0.4, -0.2) is 71.0 Å². The molecule has 1 aromatic carbocycles. The molecule has 0 aromatic heterocycles. The predicted molar refractivity (Wildman–Crippen MR) is 131 cm³/mol. The van der Waals surface area contributed by atoms with Gasteiger partial charge in [-0.15, -0.1) is 0 Å². The summed E-state index contributed by atoms with van der Waals surface area (Å²) in [6, 6.07) is 5.60. The van der Waals surface area contributed by atoms with Crippen molar-refractivity contribution in [3.05, 3.63) is 39.5 Å². The summed E-state index contributed by atoms with van der Waals surface area (Å²) in [5, 5.41) is 22.6. The SMILES string of the molecule is O=C(NCCO)C1=C[C@H](Oc2ccccc2I)[C@@H](O)[C@H](N(CC(F)(F)F)C(=O)CC2CCCC2)C1. The molecule has 35 heavy (non-hydrogen) atoms. The first kappa shape index (κ1) is 27.7. The van der Waals surface area contributed by atoms with Gasteiger partial charge in [-0.3, -0.25) is 9.59 Å². The number of carbonyl (C=O) groups excluding carboxylic acids is 2. The standard InChI is InChI=1S/C24H30F3IN2O5/c25-24(26,27)14-30(21(32)11-15-5-1-2-6-15)18-12-16(23(34)29-9-10-31)13-20(22(18)33)35-19-8-4-3-7-17(19)28/h3-4,7-8,13,15,18,20,22,31,33H,1-2,5-6,9-12,14H2,(H,29,34)/t18-,20+,22+/m1/s1. The quantitative estimate of drug-likeness (QED) is 0.374. The van der Waals surface area contributed by atoms with Gasteiger partial charge < -0.3 is 25.2 Å². The molecule has 0 saturated heterocycles. The fraction of sp³-hybridized carbons (Fsp3) is 0.583. The predicted octanol–water partition coefficient (Wildman–Crippen LogP) is 3.18. The zero-order valence-corrected chi connectivity index (χ0v) is 21.3. The lowest BCUT2D eigenvalue weighted by molar-refractivity contribution is -0.173. The van der Waals surface area contributed by atoms with Crippen LogP contribution in [0, 0.1) is 9.49 Å². The summed E-state index contributed by atoms with van der Waals surface area (Å²) in [5.74, 6) is -0.880. The van der Waals surface area contributed by atoms with Crippen LogP contribution in [0.1, 0.15) is 38.5 Å². The summed E-state index contributed by atoms with van der Waals surface area (Å²) >= 11 is 2.03. The number of aliphatic hydroxyl groups is 2. The summed E-state index contributed by atoms with van der Waals surface area (Å²) in [7, 11) is 0. The molecule has 0 spiro atoms. The topological polar surface area (TPSA) is 99.1 Å². The molecule has 2 amide bonds. The van der Waals surface area contributed by atoms with Crippen molar-refractivity contribution in [1.29, 1.82) is 0 Å². The summed E-state index contributed by atoms with van der Waals surface area (Å²) in [4.78, 5) is 26.5. The molecule has 1 aromatic rings. The first-order valence-corrected chi connectivity index (χ1v) is 12.7. The van der Waals surface area contributed by atoms with Gasteiger partial charge in [0.25, 0.3) is 0 Å². The Labute approximate surface area is 215 Å². The van der Waals surface area contributed by atoms with E-state index in [1.54, 1.807) is 24.3 Å². The van der Waals surface area contributed by atoms with Gasteiger partial charge >= 0.3 is 6.18 Å². The Morgan fingerprint density at radius 3 is 2.51 bits per heavy atom. The molecule has 3 N–H and O–H groups in total. The van der Waals surface area contributed by atoms with Crippen molar-refractivity contribution in [1.82, 2.24) is 10.2 Å². The average Bonchev–Trinajstić information content (AvgIpc) is 3.31. The lowest BCUT2D eigenvalue weighted by atomic mass is 9.87. The number of carbonyl (C=O) groups is 2. The summed E-state index contributed by atoms with van der Waals surface area (Å²) in [6.07, 6.45) is -2.81. The normalized spacial score (nSPS) is 23.0. The molecule has 11 heteroatoms. The molecular formula is C24H30F3IN2O5. The molecular weight excluding hydrogens is 580 g/mol. The van der Waals surface area contributed by atoms with Crippen molar-refractivity contribution in [2.45, 2.75) is 63.0 Å². The number of hydrogen-bond donors (Lipinski definition) is 3. The first-order valence-electron chi connectivity index (χ1n) is 11.6. The van der Waals surface area contributed by atoms with Gasteiger partial charge in [-0.2, -0.15) is 13.2 Å². The summed E-state index contributed by atoms with van der Waals surface area (Å²) in [5.41, 5.74) is 0.0885. The van der Waals surface area contributed by atoms with E-state index in [-0.39, 0.29) is 37.5 Å². The minimum atomic E-state index is -4.68. The molecule has 194 valence electrons. The van der Waals surface area contributed by atoms with Crippen LogP contribution in [0.2, 0.25) is 0 Å². The number of benzene rings is 1. The number of rotatable bonds is 9. The highest BCUT2D eigenvalue weighted by molar-refractivity contribution is 14.1. The van der Waals surface area contributed by atoms with Crippen LogP contribution in [-0.2, 0) is 9.59 Å². The highest BCUT2D eigenvalue weighted by Crippen LogP contribution is 2.33. The Bertz CT molecular complexity index is 921. The molecule has 2 aliphatic carbocycles. The van der Waals surface area contributed by atoms with E-state index in [2.05, 4.69) is 5.32 Å². The molecule has 0 radical (unpaired) electrons. The van der Waals surface area contributed by atoms with Crippen LogP contribution < -0.4 is 10.1 Å². The van der Waals surface area contributed by atoms with Crippen LogP contribution in [0.25, 0.3) is 0 Å². The largest absolute Gasteiger partial charge is 0.482 e.